The SMILES string of the molecule is Cc1cccc(NC(=O)C(C#N)=Cc2ccccc2)n1. The predicted octanol–water partition coefficient (Wildman–Crippen LogP) is 2.94. The average molecular weight is 263 g/mol. The molecule has 1 heterocycles. The molecule has 0 fully saturated rings. The molecule has 1 N–H and O–H groups in total. The van der Waals surface area contributed by atoms with Crippen LogP contribution >= 0.6 is 0 Å². The fourth-order valence-corrected chi connectivity index (χ4v) is 1.66. The summed E-state index contributed by atoms with van der Waals surface area (Å²) in [6.07, 6.45) is 1.55. The molecule has 0 bridgehead atoms. The molecule has 0 atom stereocenters. The van der Waals surface area contributed by atoms with Crippen LogP contribution in [0.1, 0.15) is 11.3 Å². The number of hydrogen-bond donors (Lipinski definition) is 1. The monoisotopic (exact) mass is 263 g/mol. The van der Waals surface area contributed by atoms with Crippen LogP contribution in [0.2, 0.25) is 0 Å². The number of benzene rings is 1. The Balaban J connectivity index is 2.19. The van der Waals surface area contributed by atoms with Gasteiger partial charge in [-0.1, -0.05) is 36.4 Å². The molecule has 0 aliphatic carbocycles. The van der Waals surface area contributed by atoms with E-state index >= 15 is 0 Å². The van der Waals surface area contributed by atoms with Crippen LogP contribution in [0.25, 0.3) is 6.08 Å². The van der Waals surface area contributed by atoms with E-state index in [9.17, 15) is 4.79 Å². The maximum absolute atomic E-state index is 12.0. The van der Waals surface area contributed by atoms with E-state index in [0.29, 0.717) is 5.82 Å². The Bertz CT molecular complexity index is 684. The molecule has 0 radical (unpaired) electrons. The number of aromatic nitrogens is 1. The molecule has 98 valence electrons. The Morgan fingerprint density at radius 3 is 2.60 bits per heavy atom. The molecule has 0 unspecified atom stereocenters. The van der Waals surface area contributed by atoms with E-state index in [1.807, 2.05) is 49.4 Å². The lowest BCUT2D eigenvalue weighted by molar-refractivity contribution is -0.112. The zero-order chi connectivity index (χ0) is 14.4. The molecule has 4 nitrogen and oxygen atoms in total. The number of carbonyl (C=O) groups is 1. The molecule has 0 saturated carbocycles. The van der Waals surface area contributed by atoms with Crippen molar-refractivity contribution in [3.8, 4) is 6.07 Å². The zero-order valence-electron chi connectivity index (χ0n) is 11.0. The maximum Gasteiger partial charge on any atom is 0.267 e. The van der Waals surface area contributed by atoms with Gasteiger partial charge in [0.05, 0.1) is 0 Å². The van der Waals surface area contributed by atoms with Crippen molar-refractivity contribution in [1.82, 2.24) is 4.98 Å². The highest BCUT2D eigenvalue weighted by Crippen LogP contribution is 2.09. The van der Waals surface area contributed by atoms with E-state index in [4.69, 9.17) is 5.26 Å². The summed E-state index contributed by atoms with van der Waals surface area (Å²) in [5.74, 6) is -0.0290. The van der Waals surface area contributed by atoms with Crippen molar-refractivity contribution in [2.75, 3.05) is 5.32 Å². The van der Waals surface area contributed by atoms with Crippen molar-refractivity contribution in [3.05, 3.63) is 65.4 Å². The van der Waals surface area contributed by atoms with Crippen molar-refractivity contribution in [3.63, 3.8) is 0 Å². The van der Waals surface area contributed by atoms with Gasteiger partial charge in [0.25, 0.3) is 5.91 Å². The fraction of sp³-hybridized carbons (Fsp3) is 0.0625. The van der Waals surface area contributed by atoms with Crippen LogP contribution in [-0.4, -0.2) is 10.9 Å². The van der Waals surface area contributed by atoms with E-state index in [0.717, 1.165) is 11.3 Å². The molecule has 1 aromatic carbocycles. The number of amides is 1. The summed E-state index contributed by atoms with van der Waals surface area (Å²) in [6.45, 7) is 1.83. The summed E-state index contributed by atoms with van der Waals surface area (Å²) < 4.78 is 0. The number of hydrogen-bond acceptors (Lipinski definition) is 3. The van der Waals surface area contributed by atoms with E-state index < -0.39 is 5.91 Å². The Morgan fingerprint density at radius 2 is 1.95 bits per heavy atom. The molecular formula is C16H13N3O. The summed E-state index contributed by atoms with van der Waals surface area (Å²) in [6, 6.07) is 16.4. The molecule has 1 aromatic heterocycles. The van der Waals surface area contributed by atoms with Crippen LogP contribution in [-0.2, 0) is 4.79 Å². The second kappa shape index (κ2) is 6.30. The number of rotatable bonds is 3. The zero-order valence-corrected chi connectivity index (χ0v) is 11.0. The lowest BCUT2D eigenvalue weighted by Crippen LogP contribution is -2.14. The Morgan fingerprint density at radius 1 is 1.20 bits per heavy atom. The third-order valence-electron chi connectivity index (χ3n) is 2.61. The Kier molecular flexibility index (Phi) is 4.25. The molecule has 1 amide bonds. The first-order valence-corrected chi connectivity index (χ1v) is 6.11. The number of pyridine rings is 1. The average Bonchev–Trinajstić information content (AvgIpc) is 2.45. The van der Waals surface area contributed by atoms with Gasteiger partial charge in [0.2, 0.25) is 0 Å². The minimum Gasteiger partial charge on any atom is -0.306 e. The first kappa shape index (κ1) is 13.5. The van der Waals surface area contributed by atoms with Crippen LogP contribution in [0, 0.1) is 18.3 Å². The second-order valence-corrected chi connectivity index (χ2v) is 4.20. The second-order valence-electron chi connectivity index (χ2n) is 4.20. The largest absolute Gasteiger partial charge is 0.306 e. The van der Waals surface area contributed by atoms with Crippen molar-refractivity contribution in [2.24, 2.45) is 0 Å². The van der Waals surface area contributed by atoms with Gasteiger partial charge in [-0.25, -0.2) is 4.98 Å². The smallest absolute Gasteiger partial charge is 0.267 e. The van der Waals surface area contributed by atoms with Gasteiger partial charge in [0.15, 0.2) is 0 Å². The lowest BCUT2D eigenvalue weighted by atomic mass is 10.1. The molecule has 0 aliphatic rings. The van der Waals surface area contributed by atoms with Gasteiger partial charge in [-0.2, -0.15) is 5.26 Å². The number of anilines is 1. The van der Waals surface area contributed by atoms with Crippen LogP contribution in [0.15, 0.2) is 54.1 Å². The fourth-order valence-electron chi connectivity index (χ4n) is 1.66. The minimum absolute atomic E-state index is 0.0412. The highest BCUT2D eigenvalue weighted by Gasteiger charge is 2.09. The van der Waals surface area contributed by atoms with Crippen LogP contribution in [0.3, 0.4) is 0 Å². The van der Waals surface area contributed by atoms with E-state index in [1.54, 1.807) is 18.2 Å². The number of carbonyl (C=O) groups excluding carboxylic acids is 1. The number of nitrogens with one attached hydrogen (secondary N) is 1. The lowest BCUT2D eigenvalue weighted by Gasteiger charge is -2.04. The first-order valence-electron chi connectivity index (χ1n) is 6.11. The number of nitrogens with zero attached hydrogens (tertiary/aromatic N) is 2. The van der Waals surface area contributed by atoms with Gasteiger partial charge < -0.3 is 5.32 Å². The number of aryl methyl sites for hydroxylation is 1. The Hall–Kier alpha value is -2.93. The minimum atomic E-state index is -0.463. The third-order valence-corrected chi connectivity index (χ3v) is 2.61. The molecule has 4 heteroatoms. The van der Waals surface area contributed by atoms with Crippen LogP contribution in [0.4, 0.5) is 5.82 Å². The molecule has 2 aromatic rings. The summed E-state index contributed by atoms with van der Waals surface area (Å²) in [5.41, 5.74) is 1.64. The van der Waals surface area contributed by atoms with Crippen LogP contribution < -0.4 is 5.32 Å². The summed E-state index contributed by atoms with van der Waals surface area (Å²) >= 11 is 0. The molecular weight excluding hydrogens is 250 g/mol. The van der Waals surface area contributed by atoms with Gasteiger partial charge in [-0.3, -0.25) is 4.79 Å². The molecule has 0 spiro atoms. The quantitative estimate of drug-likeness (QED) is 0.684. The predicted molar refractivity (Wildman–Crippen MR) is 77.6 cm³/mol. The first-order chi connectivity index (χ1) is 9.69. The number of nitriles is 1. The van der Waals surface area contributed by atoms with E-state index in [2.05, 4.69) is 10.3 Å². The summed E-state index contributed by atoms with van der Waals surface area (Å²) in [4.78, 5) is 16.2. The Labute approximate surface area is 117 Å². The maximum atomic E-state index is 12.0. The van der Waals surface area contributed by atoms with E-state index in [1.165, 1.54) is 0 Å². The van der Waals surface area contributed by atoms with Crippen LogP contribution in [0.5, 0.6) is 0 Å². The highest BCUT2D eigenvalue weighted by atomic mass is 16.1. The summed E-state index contributed by atoms with van der Waals surface area (Å²) in [5, 5.41) is 11.7. The molecule has 20 heavy (non-hydrogen) atoms. The van der Waals surface area contributed by atoms with Crippen molar-refractivity contribution in [1.29, 1.82) is 5.26 Å². The standard InChI is InChI=1S/C16H13N3O/c1-12-6-5-9-15(18-12)19-16(20)14(11-17)10-13-7-3-2-4-8-13/h2-10H,1H3,(H,18,19,20). The molecule has 0 aliphatic heterocycles. The van der Waals surface area contributed by atoms with Gasteiger partial charge >= 0.3 is 0 Å². The van der Waals surface area contributed by atoms with E-state index in [-0.39, 0.29) is 5.57 Å². The normalized spacial score (nSPS) is 10.7. The molecule has 2 rings (SSSR count). The van der Waals surface area contributed by atoms with Gasteiger partial charge in [0.1, 0.15) is 17.5 Å². The third kappa shape index (κ3) is 3.53. The van der Waals surface area contributed by atoms with Crippen molar-refractivity contribution in [2.45, 2.75) is 6.92 Å². The van der Waals surface area contributed by atoms with Crippen molar-refractivity contribution < 1.29 is 4.79 Å². The van der Waals surface area contributed by atoms with Crippen molar-refractivity contribution >= 4 is 17.8 Å². The van der Waals surface area contributed by atoms with Gasteiger partial charge in [-0.05, 0) is 30.7 Å². The van der Waals surface area contributed by atoms with Gasteiger partial charge in [0, 0.05) is 5.69 Å². The summed E-state index contributed by atoms with van der Waals surface area (Å²) in [7, 11) is 0. The topological polar surface area (TPSA) is 65.8 Å². The molecule has 0 saturated heterocycles. The highest BCUT2D eigenvalue weighted by molar-refractivity contribution is 6.09. The van der Waals surface area contributed by atoms with Gasteiger partial charge in [-0.15, -0.1) is 0 Å².